The maximum atomic E-state index is 12.5. The van der Waals surface area contributed by atoms with Gasteiger partial charge in [0.15, 0.2) is 0 Å². The van der Waals surface area contributed by atoms with Gasteiger partial charge in [0.1, 0.15) is 10.9 Å². The Morgan fingerprint density at radius 1 is 1.38 bits per heavy atom. The molecule has 1 aliphatic heterocycles. The second-order valence-electron chi connectivity index (χ2n) is 5.18. The van der Waals surface area contributed by atoms with Crippen LogP contribution < -0.4 is 9.64 Å². The largest absolute Gasteiger partial charge is 0.478 e. The molecule has 0 radical (unpaired) electrons. The Hall–Kier alpha value is -2.66. The lowest BCUT2D eigenvalue weighted by molar-refractivity contribution is 0.0750. The average Bonchev–Trinajstić information content (AvgIpc) is 3.10. The molecule has 0 N–H and O–H groups in total. The summed E-state index contributed by atoms with van der Waals surface area (Å²) < 4.78 is 5.40. The van der Waals surface area contributed by atoms with E-state index in [1.54, 1.807) is 28.6 Å². The summed E-state index contributed by atoms with van der Waals surface area (Å²) in [6, 6.07) is 5.48. The number of carbonyl (C=O) groups excluding carboxylic acids is 1. The molecular formula is C16H17N5O2S. The molecule has 2 aromatic heterocycles. The molecule has 0 spiro atoms. The van der Waals surface area contributed by atoms with E-state index in [9.17, 15) is 4.79 Å². The summed E-state index contributed by atoms with van der Waals surface area (Å²) in [5, 5.41) is 10.8. The summed E-state index contributed by atoms with van der Waals surface area (Å²) in [4.78, 5) is 25.5. The van der Waals surface area contributed by atoms with Gasteiger partial charge in [-0.15, -0.1) is 11.3 Å². The van der Waals surface area contributed by atoms with E-state index in [1.807, 2.05) is 11.8 Å². The van der Waals surface area contributed by atoms with Crippen molar-refractivity contribution in [1.29, 1.82) is 5.26 Å². The van der Waals surface area contributed by atoms with Crippen molar-refractivity contribution in [3.05, 3.63) is 34.2 Å². The van der Waals surface area contributed by atoms with Crippen LogP contribution in [0.4, 0.5) is 5.95 Å². The van der Waals surface area contributed by atoms with Crippen molar-refractivity contribution in [2.75, 3.05) is 37.7 Å². The second kappa shape index (κ2) is 7.27. The van der Waals surface area contributed by atoms with E-state index in [1.165, 1.54) is 11.3 Å². The van der Waals surface area contributed by atoms with E-state index >= 15 is 0 Å². The lowest BCUT2D eigenvalue weighted by Crippen LogP contribution is -2.49. The molecule has 0 saturated carbocycles. The number of ether oxygens (including phenoxy) is 1. The fourth-order valence-corrected chi connectivity index (χ4v) is 3.34. The molecule has 0 bridgehead atoms. The first kappa shape index (κ1) is 16.2. The number of carbonyl (C=O) groups is 1. The van der Waals surface area contributed by atoms with Crippen LogP contribution in [-0.4, -0.2) is 53.6 Å². The zero-order chi connectivity index (χ0) is 16.9. The van der Waals surface area contributed by atoms with E-state index < -0.39 is 0 Å². The molecule has 3 heterocycles. The Bertz CT molecular complexity index is 762. The van der Waals surface area contributed by atoms with Crippen LogP contribution in [-0.2, 0) is 0 Å². The van der Waals surface area contributed by atoms with Gasteiger partial charge in [0.25, 0.3) is 5.91 Å². The van der Waals surface area contributed by atoms with Crippen LogP contribution >= 0.6 is 11.3 Å². The minimum atomic E-state index is -0.0785. The second-order valence-corrected chi connectivity index (χ2v) is 6.10. The first-order valence-corrected chi connectivity index (χ1v) is 8.58. The maximum Gasteiger partial charge on any atom is 0.265 e. The molecule has 2 aromatic rings. The van der Waals surface area contributed by atoms with Gasteiger partial charge in [-0.2, -0.15) is 10.2 Å². The fourth-order valence-electron chi connectivity index (χ4n) is 2.53. The maximum absolute atomic E-state index is 12.5. The molecule has 0 aliphatic carbocycles. The molecule has 3 rings (SSSR count). The lowest BCUT2D eigenvalue weighted by Gasteiger charge is -2.34. The SMILES string of the molecule is CCOc1ccnc(N2CCN(C(=O)c3sccc3C#N)CC2)n1. The zero-order valence-corrected chi connectivity index (χ0v) is 14.1. The summed E-state index contributed by atoms with van der Waals surface area (Å²) in [6.45, 7) is 4.91. The predicted molar refractivity (Wildman–Crippen MR) is 90.4 cm³/mol. The summed E-state index contributed by atoms with van der Waals surface area (Å²) >= 11 is 1.31. The van der Waals surface area contributed by atoms with Gasteiger partial charge >= 0.3 is 0 Å². The third-order valence-electron chi connectivity index (χ3n) is 3.74. The van der Waals surface area contributed by atoms with Crippen LogP contribution in [0.15, 0.2) is 23.7 Å². The molecule has 1 aliphatic rings. The van der Waals surface area contributed by atoms with Crippen molar-refractivity contribution in [3.8, 4) is 11.9 Å². The highest BCUT2D eigenvalue weighted by molar-refractivity contribution is 7.12. The highest BCUT2D eigenvalue weighted by Gasteiger charge is 2.25. The van der Waals surface area contributed by atoms with Gasteiger partial charge in [-0.1, -0.05) is 0 Å². The normalized spacial score (nSPS) is 14.3. The van der Waals surface area contributed by atoms with Gasteiger partial charge in [0, 0.05) is 38.4 Å². The minimum Gasteiger partial charge on any atom is -0.478 e. The summed E-state index contributed by atoms with van der Waals surface area (Å²) in [5.41, 5.74) is 0.445. The number of rotatable bonds is 4. The Balaban J connectivity index is 1.65. The van der Waals surface area contributed by atoms with E-state index in [4.69, 9.17) is 10.00 Å². The number of nitrogens with zero attached hydrogens (tertiary/aromatic N) is 5. The first-order chi connectivity index (χ1) is 11.7. The fraction of sp³-hybridized carbons (Fsp3) is 0.375. The standard InChI is InChI=1S/C16H17N5O2S/c1-2-23-13-3-5-18-16(19-13)21-8-6-20(7-9-21)15(22)14-12(11-17)4-10-24-14/h3-5,10H,2,6-9H2,1H3. The zero-order valence-electron chi connectivity index (χ0n) is 13.3. The molecule has 1 saturated heterocycles. The van der Waals surface area contributed by atoms with Gasteiger partial charge in [0.2, 0.25) is 11.8 Å². The monoisotopic (exact) mass is 343 g/mol. The van der Waals surface area contributed by atoms with Crippen LogP contribution in [0.3, 0.4) is 0 Å². The molecule has 0 atom stereocenters. The van der Waals surface area contributed by atoms with Crippen molar-refractivity contribution < 1.29 is 9.53 Å². The van der Waals surface area contributed by atoms with Gasteiger partial charge in [-0.25, -0.2) is 4.98 Å². The number of amides is 1. The number of thiophene rings is 1. The number of nitriles is 1. The third-order valence-corrected chi connectivity index (χ3v) is 4.64. The molecular weight excluding hydrogens is 326 g/mol. The van der Waals surface area contributed by atoms with E-state index in [0.717, 1.165) is 0 Å². The van der Waals surface area contributed by atoms with Gasteiger partial charge < -0.3 is 14.5 Å². The topological polar surface area (TPSA) is 82.4 Å². The number of hydrogen-bond acceptors (Lipinski definition) is 7. The molecule has 7 nitrogen and oxygen atoms in total. The van der Waals surface area contributed by atoms with Crippen molar-refractivity contribution in [1.82, 2.24) is 14.9 Å². The molecule has 1 amide bonds. The smallest absolute Gasteiger partial charge is 0.265 e. The molecule has 0 unspecified atom stereocenters. The van der Waals surface area contributed by atoms with Crippen molar-refractivity contribution in [2.45, 2.75) is 6.92 Å². The first-order valence-electron chi connectivity index (χ1n) is 7.70. The van der Waals surface area contributed by atoms with Crippen molar-refractivity contribution in [2.24, 2.45) is 0 Å². The van der Waals surface area contributed by atoms with Gasteiger partial charge in [-0.3, -0.25) is 4.79 Å². The summed E-state index contributed by atoms with van der Waals surface area (Å²) in [5.74, 6) is 1.09. The molecule has 24 heavy (non-hydrogen) atoms. The highest BCUT2D eigenvalue weighted by Crippen LogP contribution is 2.20. The van der Waals surface area contributed by atoms with Crippen LogP contribution in [0.5, 0.6) is 5.88 Å². The van der Waals surface area contributed by atoms with Crippen molar-refractivity contribution >= 4 is 23.2 Å². The van der Waals surface area contributed by atoms with Gasteiger partial charge in [-0.05, 0) is 18.4 Å². The Kier molecular flexibility index (Phi) is 4.91. The van der Waals surface area contributed by atoms with Gasteiger partial charge in [0.05, 0.1) is 12.2 Å². The number of piperazine rings is 1. The molecule has 1 fully saturated rings. The van der Waals surface area contributed by atoms with Crippen LogP contribution in [0.1, 0.15) is 22.2 Å². The van der Waals surface area contributed by atoms with E-state index in [-0.39, 0.29) is 5.91 Å². The van der Waals surface area contributed by atoms with Crippen LogP contribution in [0.2, 0.25) is 0 Å². The minimum absolute atomic E-state index is 0.0785. The number of anilines is 1. The van der Waals surface area contributed by atoms with E-state index in [0.29, 0.717) is 55.1 Å². The van der Waals surface area contributed by atoms with E-state index in [2.05, 4.69) is 16.0 Å². The Morgan fingerprint density at radius 2 is 2.17 bits per heavy atom. The lowest BCUT2D eigenvalue weighted by atomic mass is 10.2. The van der Waals surface area contributed by atoms with Crippen LogP contribution in [0.25, 0.3) is 0 Å². The molecule has 0 aromatic carbocycles. The number of hydrogen-bond donors (Lipinski definition) is 0. The average molecular weight is 343 g/mol. The third kappa shape index (κ3) is 3.31. The summed E-state index contributed by atoms with van der Waals surface area (Å²) in [7, 11) is 0. The predicted octanol–water partition coefficient (Wildman–Crippen LogP) is 1.77. The Labute approximate surface area is 144 Å². The number of aromatic nitrogens is 2. The quantitative estimate of drug-likeness (QED) is 0.841. The highest BCUT2D eigenvalue weighted by atomic mass is 32.1. The summed E-state index contributed by atoms with van der Waals surface area (Å²) in [6.07, 6.45) is 1.68. The van der Waals surface area contributed by atoms with Crippen molar-refractivity contribution in [3.63, 3.8) is 0 Å². The van der Waals surface area contributed by atoms with Crippen LogP contribution in [0, 0.1) is 11.3 Å². The molecule has 8 heteroatoms. The molecule has 124 valence electrons. The Morgan fingerprint density at radius 3 is 2.88 bits per heavy atom.